The zero-order chi connectivity index (χ0) is 50.8. The van der Waals surface area contributed by atoms with E-state index in [1.54, 1.807) is 36.4 Å². The van der Waals surface area contributed by atoms with Crippen molar-refractivity contribution in [3.63, 3.8) is 0 Å². The number of amides is 2. The SMILES string of the molecule is COC(=O)c1ccc(CCCN2C(=O)C(F)(F)C[C@@H]2/C=C/[C@@H](O)[C@H](C)CCCc2ccccc2)s1.COC(=O)c1ccc(CCCN2C(=O)C(F)(F)C[C@@H]2/C=C/[C@H](O)[C@H](C)CCCc2ccccc2)s1. The number of esters is 2. The van der Waals surface area contributed by atoms with Crippen molar-refractivity contribution < 1.29 is 56.4 Å². The number of alkyl halides is 4. The average Bonchev–Trinajstić information content (AvgIpc) is 4.13. The number of aliphatic hydroxyl groups excluding tert-OH is 2. The number of hydrogen-bond donors (Lipinski definition) is 2. The van der Waals surface area contributed by atoms with Crippen LogP contribution < -0.4 is 0 Å². The van der Waals surface area contributed by atoms with E-state index in [9.17, 15) is 47.0 Å². The molecule has 0 unspecified atom stereocenters. The van der Waals surface area contributed by atoms with Gasteiger partial charge in [0.2, 0.25) is 0 Å². The lowest BCUT2D eigenvalue weighted by Gasteiger charge is -2.22. The van der Waals surface area contributed by atoms with Crippen molar-refractivity contribution in [2.75, 3.05) is 27.3 Å². The minimum absolute atomic E-state index is 0.0242. The van der Waals surface area contributed by atoms with E-state index in [-0.39, 0.29) is 24.9 Å². The number of halogens is 4. The number of benzene rings is 2. The van der Waals surface area contributed by atoms with Gasteiger partial charge >= 0.3 is 23.8 Å². The van der Waals surface area contributed by atoms with Gasteiger partial charge in [-0.3, -0.25) is 9.59 Å². The number of aryl methyl sites for hydroxylation is 4. The number of aliphatic hydroxyl groups is 2. The molecule has 2 aromatic carbocycles. The molecule has 0 spiro atoms. The molecule has 2 N–H and O–H groups in total. The summed E-state index contributed by atoms with van der Waals surface area (Å²) in [6, 6.07) is 25.7. The van der Waals surface area contributed by atoms with E-state index >= 15 is 0 Å². The Kier molecular flexibility index (Phi) is 21.4. The quantitative estimate of drug-likeness (QED) is 0.0403. The lowest BCUT2D eigenvalue weighted by molar-refractivity contribution is -0.148. The van der Waals surface area contributed by atoms with Crippen LogP contribution >= 0.6 is 22.7 Å². The average molecular weight is 1010 g/mol. The van der Waals surface area contributed by atoms with Crippen LogP contribution in [-0.2, 0) is 44.7 Å². The molecule has 0 aliphatic carbocycles. The summed E-state index contributed by atoms with van der Waals surface area (Å²) in [6.07, 6.45) is 10.9. The molecule has 2 amide bonds. The zero-order valence-electron chi connectivity index (χ0n) is 40.3. The van der Waals surface area contributed by atoms with Crippen LogP contribution in [0.3, 0.4) is 0 Å². The summed E-state index contributed by atoms with van der Waals surface area (Å²) >= 11 is 2.60. The number of thiophene rings is 2. The van der Waals surface area contributed by atoms with Gasteiger partial charge < -0.3 is 29.5 Å². The van der Waals surface area contributed by atoms with Gasteiger partial charge in [0.05, 0.1) is 38.5 Å². The van der Waals surface area contributed by atoms with Gasteiger partial charge in [0.1, 0.15) is 9.75 Å². The van der Waals surface area contributed by atoms with Gasteiger partial charge in [0.25, 0.3) is 11.8 Å². The second-order valence-electron chi connectivity index (χ2n) is 18.1. The number of likely N-dealkylation sites (tertiary alicyclic amines) is 2. The maximum atomic E-state index is 14.2. The Bertz CT molecular complexity index is 2180. The number of carbonyl (C=O) groups excluding carboxylic acids is 4. The van der Waals surface area contributed by atoms with Crippen LogP contribution in [0.5, 0.6) is 0 Å². The lowest BCUT2D eigenvalue weighted by Crippen LogP contribution is -2.36. The third kappa shape index (κ3) is 16.5. The highest BCUT2D eigenvalue weighted by Crippen LogP contribution is 2.36. The van der Waals surface area contributed by atoms with Crippen LogP contribution in [0.2, 0.25) is 0 Å². The Labute approximate surface area is 417 Å². The molecule has 380 valence electrons. The molecule has 6 rings (SSSR count). The molecule has 2 fully saturated rings. The predicted molar refractivity (Wildman–Crippen MR) is 265 cm³/mol. The number of methoxy groups -OCH3 is 2. The largest absolute Gasteiger partial charge is 0.465 e. The Morgan fingerprint density at radius 2 is 0.986 bits per heavy atom. The van der Waals surface area contributed by atoms with Crippen LogP contribution in [-0.4, -0.2) is 107 Å². The van der Waals surface area contributed by atoms with Crippen molar-refractivity contribution in [2.24, 2.45) is 11.8 Å². The molecule has 2 saturated heterocycles. The van der Waals surface area contributed by atoms with Crippen molar-refractivity contribution in [3.8, 4) is 0 Å². The van der Waals surface area contributed by atoms with E-state index in [0.29, 0.717) is 35.4 Å². The molecule has 4 aromatic rings. The van der Waals surface area contributed by atoms with E-state index in [4.69, 9.17) is 9.47 Å². The first-order valence-corrected chi connectivity index (χ1v) is 25.6. The highest BCUT2D eigenvalue weighted by Gasteiger charge is 2.53. The van der Waals surface area contributed by atoms with Crippen LogP contribution in [0.15, 0.2) is 109 Å². The molecule has 0 bridgehead atoms. The smallest absolute Gasteiger partial charge is 0.348 e. The van der Waals surface area contributed by atoms with Gasteiger partial charge in [0.15, 0.2) is 0 Å². The molecular formula is C54H66F4N2O8S2. The molecular weight excluding hydrogens is 945 g/mol. The zero-order valence-corrected chi connectivity index (χ0v) is 42.0. The molecule has 4 heterocycles. The Hall–Kier alpha value is -5.16. The van der Waals surface area contributed by atoms with Crippen molar-refractivity contribution in [1.82, 2.24) is 9.80 Å². The van der Waals surface area contributed by atoms with E-state index < -0.39 is 72.7 Å². The van der Waals surface area contributed by atoms with Gasteiger partial charge in [0, 0.05) is 35.7 Å². The van der Waals surface area contributed by atoms with Gasteiger partial charge in [-0.25, -0.2) is 9.59 Å². The van der Waals surface area contributed by atoms with E-state index in [2.05, 4.69) is 24.3 Å². The standard InChI is InChI=1S/2C27H33F2NO4S/c2*1-19(8-6-11-20-9-4-3-5-10-20)23(31)15-13-21-18-27(28,29)26(33)30(21)17-7-12-22-14-16-24(35-22)25(32)34-2/h2*3-5,9-10,13-16,19,21,23,31H,6-8,11-12,17-18H2,1-2H3/b2*15-13+/t19-,21+,23+;19-,21+,23-/m11/s1. The number of hydrogen-bond acceptors (Lipinski definition) is 10. The van der Waals surface area contributed by atoms with E-state index in [0.717, 1.165) is 48.3 Å². The topological polar surface area (TPSA) is 134 Å². The minimum atomic E-state index is -3.40. The first-order chi connectivity index (χ1) is 33.4. The Morgan fingerprint density at radius 3 is 1.34 bits per heavy atom. The maximum Gasteiger partial charge on any atom is 0.348 e. The molecule has 0 radical (unpaired) electrons. The highest BCUT2D eigenvalue weighted by molar-refractivity contribution is 7.14. The maximum absolute atomic E-state index is 14.2. The second kappa shape index (κ2) is 26.9. The summed E-state index contributed by atoms with van der Waals surface area (Å²) in [7, 11) is 2.63. The van der Waals surface area contributed by atoms with Crippen LogP contribution in [0, 0.1) is 11.8 Å². The summed E-state index contributed by atoms with van der Waals surface area (Å²) in [6.45, 7) is 4.24. The third-order valence-electron chi connectivity index (χ3n) is 12.8. The molecule has 2 aromatic heterocycles. The van der Waals surface area contributed by atoms with Crippen molar-refractivity contribution in [1.29, 1.82) is 0 Å². The summed E-state index contributed by atoms with van der Waals surface area (Å²) in [4.78, 5) is 53.0. The van der Waals surface area contributed by atoms with Gasteiger partial charge in [-0.2, -0.15) is 17.6 Å². The van der Waals surface area contributed by atoms with Crippen molar-refractivity contribution in [2.45, 2.75) is 127 Å². The fraction of sp³-hybridized carbons (Fsp3) is 0.481. The predicted octanol–water partition coefficient (Wildman–Crippen LogP) is 10.6. The van der Waals surface area contributed by atoms with Crippen LogP contribution in [0.25, 0.3) is 0 Å². The Balaban J connectivity index is 0.000000261. The summed E-state index contributed by atoms with van der Waals surface area (Å²) in [5.41, 5.74) is 2.49. The number of rotatable bonds is 24. The second-order valence-corrected chi connectivity index (χ2v) is 20.5. The molecule has 2 aliphatic heterocycles. The van der Waals surface area contributed by atoms with Crippen molar-refractivity contribution >= 4 is 46.4 Å². The molecule has 10 nitrogen and oxygen atoms in total. The highest BCUT2D eigenvalue weighted by atomic mass is 32.1. The summed E-state index contributed by atoms with van der Waals surface area (Å²) < 4.78 is 66.2. The minimum Gasteiger partial charge on any atom is -0.465 e. The van der Waals surface area contributed by atoms with Gasteiger partial charge in [-0.15, -0.1) is 22.7 Å². The van der Waals surface area contributed by atoms with Crippen LogP contribution in [0.4, 0.5) is 17.6 Å². The monoisotopic (exact) mass is 1010 g/mol. The van der Waals surface area contributed by atoms with E-state index in [1.165, 1.54) is 57.8 Å². The molecule has 2 aliphatic rings. The Morgan fingerprint density at radius 1 is 0.614 bits per heavy atom. The van der Waals surface area contributed by atoms with Gasteiger partial charge in [-0.05, 0) is 111 Å². The first-order valence-electron chi connectivity index (χ1n) is 23.9. The molecule has 6 atom stereocenters. The number of nitrogens with zero attached hydrogens (tertiary/aromatic N) is 2. The normalized spacial score (nSPS) is 19.3. The summed E-state index contributed by atoms with van der Waals surface area (Å²) in [5.74, 6) is -10.0. The van der Waals surface area contributed by atoms with E-state index in [1.807, 2.05) is 62.4 Å². The number of carbonyl (C=O) groups is 4. The van der Waals surface area contributed by atoms with Gasteiger partial charge in [-0.1, -0.05) is 98.8 Å². The number of ether oxygens (including phenoxy) is 2. The third-order valence-corrected chi connectivity index (χ3v) is 15.0. The van der Waals surface area contributed by atoms with Crippen molar-refractivity contribution in [3.05, 3.63) is 140 Å². The van der Waals surface area contributed by atoms with Crippen LogP contribution in [0.1, 0.15) is 105 Å². The fourth-order valence-corrected chi connectivity index (χ4v) is 10.5. The first kappa shape index (κ1) is 55.8. The molecule has 0 saturated carbocycles. The fourth-order valence-electron chi connectivity index (χ4n) is 8.56. The molecule has 70 heavy (non-hydrogen) atoms. The molecule has 16 heteroatoms. The lowest BCUT2D eigenvalue weighted by atomic mass is 9.95. The summed E-state index contributed by atoms with van der Waals surface area (Å²) in [5, 5.41) is 21.1.